The zero-order valence-electron chi connectivity index (χ0n) is 32.7. The van der Waals surface area contributed by atoms with Gasteiger partial charge in [0.05, 0.1) is 18.8 Å². The Morgan fingerprint density at radius 1 is 0.608 bits per heavy atom. The van der Waals surface area contributed by atoms with E-state index in [0.717, 1.165) is 50.3 Å². The molecule has 1 fully saturated rings. The second-order valence-electron chi connectivity index (χ2n) is 15.3. The molecule has 1 aliphatic rings. The van der Waals surface area contributed by atoms with E-state index in [1.165, 1.54) is 128 Å². The van der Waals surface area contributed by atoms with E-state index in [9.17, 15) is 35.4 Å². The van der Waals surface area contributed by atoms with E-state index in [0.29, 0.717) is 12.8 Å². The van der Waals surface area contributed by atoms with Gasteiger partial charge < -0.3 is 40.7 Å². The quantitative estimate of drug-likeness (QED) is 0.0323. The Bertz CT molecular complexity index is 793. The van der Waals surface area contributed by atoms with Crippen molar-refractivity contribution in [3.63, 3.8) is 0 Å². The minimum atomic E-state index is -1.50. The van der Waals surface area contributed by atoms with Gasteiger partial charge in [-0.15, -0.1) is 11.8 Å². The van der Waals surface area contributed by atoms with Crippen molar-refractivity contribution in [3.05, 3.63) is 0 Å². The molecule has 0 radical (unpaired) electrons. The number of amides is 1. The maximum atomic E-state index is 12.9. The third-order valence-corrected chi connectivity index (χ3v) is 11.8. The number of thioether (sulfide) groups is 1. The minimum Gasteiger partial charge on any atom is -0.394 e. The molecule has 0 aliphatic carbocycles. The van der Waals surface area contributed by atoms with Gasteiger partial charge in [-0.1, -0.05) is 174 Å². The molecule has 1 amide bonds. The summed E-state index contributed by atoms with van der Waals surface area (Å²) in [4.78, 5) is 12.9. The average Bonchev–Trinajstić information content (AvgIpc) is 3.13. The molecule has 0 bridgehead atoms. The number of carbonyl (C=O) groups is 1. The van der Waals surface area contributed by atoms with Crippen LogP contribution >= 0.6 is 11.8 Å². The zero-order chi connectivity index (χ0) is 37.5. The summed E-state index contributed by atoms with van der Waals surface area (Å²) < 4.78 is 5.58. The Balaban J connectivity index is 2.16. The molecule has 8 atom stereocenters. The highest BCUT2D eigenvalue weighted by molar-refractivity contribution is 7.99. The number of rotatable bonds is 35. The van der Waals surface area contributed by atoms with Crippen molar-refractivity contribution in [2.45, 2.75) is 242 Å². The van der Waals surface area contributed by atoms with Crippen LogP contribution in [0.1, 0.15) is 194 Å². The molecule has 1 saturated heterocycles. The second-order valence-corrected chi connectivity index (χ2v) is 16.4. The van der Waals surface area contributed by atoms with Crippen LogP contribution in [-0.4, -0.2) is 97.0 Å². The van der Waals surface area contributed by atoms with Crippen molar-refractivity contribution in [2.75, 3.05) is 12.4 Å². The molecule has 0 aromatic carbocycles. The number of ether oxygens (including phenoxy) is 1. The molecule has 304 valence electrons. The van der Waals surface area contributed by atoms with Gasteiger partial charge >= 0.3 is 0 Å². The van der Waals surface area contributed by atoms with Gasteiger partial charge in [-0.3, -0.25) is 4.79 Å². The summed E-state index contributed by atoms with van der Waals surface area (Å²) in [5.74, 6) is -0.0856. The third kappa shape index (κ3) is 23.8. The highest BCUT2D eigenvalue weighted by Crippen LogP contribution is 2.29. The number of unbranched alkanes of at least 4 members (excludes halogenated alkanes) is 24. The topological polar surface area (TPSA) is 160 Å². The molecule has 51 heavy (non-hydrogen) atoms. The summed E-state index contributed by atoms with van der Waals surface area (Å²) in [5, 5.41) is 64.6. The molecule has 0 saturated carbocycles. The van der Waals surface area contributed by atoms with Crippen LogP contribution < -0.4 is 5.32 Å². The Morgan fingerprint density at radius 2 is 1.02 bits per heavy atom. The fraction of sp³-hybridized carbons (Fsp3) is 0.976. The lowest BCUT2D eigenvalue weighted by atomic mass is 10.0. The highest BCUT2D eigenvalue weighted by atomic mass is 32.2. The zero-order valence-corrected chi connectivity index (χ0v) is 33.6. The van der Waals surface area contributed by atoms with Crippen molar-refractivity contribution >= 4 is 17.7 Å². The number of aliphatic hydroxyl groups is 6. The lowest BCUT2D eigenvalue weighted by Crippen LogP contribution is -2.58. The third-order valence-electron chi connectivity index (χ3n) is 10.6. The SMILES string of the molecule is CCCCCCCCCCCCCCCCCCCCCCCCCC(=O)N[C@@H](CS[C@H]1O[C@H](CO)[C@H](O)[C@H](O)[C@H]1O)[C@H](O)[C@H](O)CCCCC. The van der Waals surface area contributed by atoms with Gasteiger partial charge in [0.15, 0.2) is 0 Å². The van der Waals surface area contributed by atoms with Crippen molar-refractivity contribution < 1.29 is 40.2 Å². The van der Waals surface area contributed by atoms with Crippen LogP contribution in [0, 0.1) is 0 Å². The van der Waals surface area contributed by atoms with E-state index in [1.54, 1.807) is 0 Å². The number of nitrogens with one attached hydrogen (secondary N) is 1. The molecule has 7 N–H and O–H groups in total. The maximum Gasteiger partial charge on any atom is 0.220 e. The van der Waals surface area contributed by atoms with Gasteiger partial charge in [-0.2, -0.15) is 0 Å². The van der Waals surface area contributed by atoms with Crippen LogP contribution in [0.5, 0.6) is 0 Å². The fourth-order valence-electron chi connectivity index (χ4n) is 7.02. The number of hydrogen-bond donors (Lipinski definition) is 7. The van der Waals surface area contributed by atoms with Crippen molar-refractivity contribution in [1.29, 1.82) is 0 Å². The van der Waals surface area contributed by atoms with E-state index < -0.39 is 54.7 Å². The highest BCUT2D eigenvalue weighted by Gasteiger charge is 2.44. The Morgan fingerprint density at radius 3 is 1.45 bits per heavy atom. The van der Waals surface area contributed by atoms with E-state index in [4.69, 9.17) is 4.74 Å². The summed E-state index contributed by atoms with van der Waals surface area (Å²) in [7, 11) is 0. The van der Waals surface area contributed by atoms with Crippen molar-refractivity contribution in [2.24, 2.45) is 0 Å². The van der Waals surface area contributed by atoms with E-state index in [-0.39, 0.29) is 11.7 Å². The van der Waals surface area contributed by atoms with Crippen molar-refractivity contribution in [3.8, 4) is 0 Å². The first-order valence-corrected chi connectivity index (χ1v) is 22.4. The van der Waals surface area contributed by atoms with Gasteiger partial charge in [-0.25, -0.2) is 0 Å². The van der Waals surface area contributed by atoms with Crippen LogP contribution in [0.4, 0.5) is 0 Å². The van der Waals surface area contributed by atoms with Gasteiger partial charge in [0.1, 0.15) is 36.0 Å². The molecule has 0 aromatic rings. The Hall–Kier alpha value is -0.460. The number of hydrogen-bond acceptors (Lipinski definition) is 9. The summed E-state index contributed by atoms with van der Waals surface area (Å²) in [5.41, 5.74) is -0.978. The maximum absolute atomic E-state index is 12.9. The normalized spacial score (nSPS) is 22.5. The molecule has 1 heterocycles. The van der Waals surface area contributed by atoms with Crippen LogP contribution in [0.25, 0.3) is 0 Å². The van der Waals surface area contributed by atoms with Crippen LogP contribution in [0.3, 0.4) is 0 Å². The molecule has 0 unspecified atom stereocenters. The molecule has 0 aromatic heterocycles. The lowest BCUT2D eigenvalue weighted by molar-refractivity contribution is -0.205. The van der Waals surface area contributed by atoms with Gasteiger partial charge in [-0.05, 0) is 12.8 Å². The first-order chi connectivity index (χ1) is 24.8. The van der Waals surface area contributed by atoms with Crippen molar-refractivity contribution in [1.82, 2.24) is 5.32 Å². The van der Waals surface area contributed by atoms with Crippen LogP contribution in [-0.2, 0) is 9.53 Å². The van der Waals surface area contributed by atoms with E-state index >= 15 is 0 Å². The van der Waals surface area contributed by atoms with Gasteiger partial charge in [0, 0.05) is 12.2 Å². The predicted molar refractivity (Wildman–Crippen MR) is 211 cm³/mol. The fourth-order valence-corrected chi connectivity index (χ4v) is 8.28. The smallest absolute Gasteiger partial charge is 0.220 e. The van der Waals surface area contributed by atoms with Gasteiger partial charge in [0.2, 0.25) is 5.91 Å². The molecule has 9 nitrogen and oxygen atoms in total. The number of aliphatic hydroxyl groups excluding tert-OH is 6. The van der Waals surface area contributed by atoms with E-state index in [2.05, 4.69) is 19.2 Å². The largest absolute Gasteiger partial charge is 0.394 e. The first-order valence-electron chi connectivity index (χ1n) is 21.3. The monoisotopic (exact) mass is 748 g/mol. The molecular weight excluding hydrogens is 667 g/mol. The molecule has 10 heteroatoms. The Kier molecular flexibility index (Phi) is 31.4. The second kappa shape index (κ2) is 32.9. The Labute approximate surface area is 316 Å². The van der Waals surface area contributed by atoms with Gasteiger partial charge in [0.25, 0.3) is 0 Å². The molecular formula is C41H81NO8S. The summed E-state index contributed by atoms with van der Waals surface area (Å²) in [6, 6.07) is -0.795. The number of carbonyl (C=O) groups excluding carboxylic acids is 1. The minimum absolute atomic E-state index is 0.111. The lowest BCUT2D eigenvalue weighted by Gasteiger charge is -2.40. The van der Waals surface area contributed by atoms with Crippen LogP contribution in [0.2, 0.25) is 0 Å². The summed E-state index contributed by atoms with van der Waals surface area (Å²) in [6.07, 6.45) is 26.1. The summed E-state index contributed by atoms with van der Waals surface area (Å²) >= 11 is 1.07. The average molecular weight is 748 g/mol. The molecule has 1 aliphatic heterocycles. The predicted octanol–water partition coefficient (Wildman–Crippen LogP) is 7.69. The molecule has 0 spiro atoms. The van der Waals surface area contributed by atoms with E-state index in [1.807, 2.05) is 0 Å². The molecule has 1 rings (SSSR count). The first kappa shape index (κ1) is 48.6. The summed E-state index contributed by atoms with van der Waals surface area (Å²) in [6.45, 7) is 3.81. The standard InChI is InChI=1S/C41H81NO8S/c1-3-5-7-8-9-10-11-12-13-14-15-16-17-18-19-20-21-22-23-24-25-26-28-30-36(45)42-33(37(46)34(44)29-27-6-4-2)32-51-41-40(49)39(48)38(47)35(31-43)50-41/h33-35,37-41,43-44,46-49H,3-32H2,1-2H3,(H,42,45)/t33-,34+,35+,37-,38-,39-,40+,41+/m0/s1. The van der Waals surface area contributed by atoms with Crippen LogP contribution in [0.15, 0.2) is 0 Å².